The van der Waals surface area contributed by atoms with Crippen LogP contribution in [0.1, 0.15) is 172 Å². The first-order chi connectivity index (χ1) is 42.7. The number of fused-ring (bicyclic) bond motifs is 20. The summed E-state index contributed by atoms with van der Waals surface area (Å²) in [5.41, 5.74) is 36.6. The highest BCUT2D eigenvalue weighted by Gasteiger charge is 2.57. The van der Waals surface area contributed by atoms with Gasteiger partial charge in [0.1, 0.15) is 0 Å². The minimum atomic E-state index is -0.692. The molecule has 0 N–H and O–H groups in total. The van der Waals surface area contributed by atoms with E-state index in [0.29, 0.717) is 0 Å². The number of aryl methyl sites for hydroxylation is 4. The fourth-order valence-electron chi connectivity index (χ4n) is 15.7. The maximum absolute atomic E-state index is 2.72. The summed E-state index contributed by atoms with van der Waals surface area (Å²) in [7, 11) is 0. The third-order valence-electron chi connectivity index (χ3n) is 20.8. The van der Waals surface area contributed by atoms with Crippen LogP contribution in [0.2, 0.25) is 0 Å². The zero-order valence-corrected chi connectivity index (χ0v) is 55.7. The lowest BCUT2D eigenvalue weighted by Crippen LogP contribution is -2.29. The summed E-state index contributed by atoms with van der Waals surface area (Å²) >= 11 is 0. The maximum atomic E-state index is 2.72. The minimum absolute atomic E-state index is 0.103. The second-order valence-corrected chi connectivity index (χ2v) is 31.0. The molecular formula is C88H84N2. The van der Waals surface area contributed by atoms with E-state index in [1.165, 1.54) is 134 Å². The zero-order valence-electron chi connectivity index (χ0n) is 55.7. The van der Waals surface area contributed by atoms with E-state index in [4.69, 9.17) is 0 Å². The van der Waals surface area contributed by atoms with Gasteiger partial charge in [-0.15, -0.1) is 0 Å². The Balaban J connectivity index is 1.10. The Hall–Kier alpha value is -8.98. The molecule has 0 aliphatic heterocycles. The molecule has 0 heterocycles. The van der Waals surface area contributed by atoms with Crippen molar-refractivity contribution in [2.24, 2.45) is 0 Å². The lowest BCUT2D eigenvalue weighted by atomic mass is 9.67. The van der Waals surface area contributed by atoms with E-state index in [9.17, 15) is 0 Å². The van der Waals surface area contributed by atoms with Crippen molar-refractivity contribution in [3.63, 3.8) is 0 Å². The molecule has 4 aliphatic carbocycles. The summed E-state index contributed by atoms with van der Waals surface area (Å²) in [6, 6.07) is 86.7. The molecule has 0 atom stereocenters. The Morgan fingerprint density at radius 3 is 0.622 bits per heavy atom. The summed E-state index contributed by atoms with van der Waals surface area (Å²) in [5, 5.41) is 0. The highest BCUT2D eigenvalue weighted by Crippen LogP contribution is 2.69. The van der Waals surface area contributed by atoms with Crippen molar-refractivity contribution in [1.82, 2.24) is 0 Å². The predicted octanol–water partition coefficient (Wildman–Crippen LogP) is 23.7. The molecule has 0 saturated heterocycles. The van der Waals surface area contributed by atoms with Gasteiger partial charge in [-0.05, 0) is 246 Å². The van der Waals surface area contributed by atoms with Crippen molar-refractivity contribution >= 4 is 34.1 Å². The van der Waals surface area contributed by atoms with Gasteiger partial charge in [0, 0.05) is 34.1 Å². The van der Waals surface area contributed by atoms with E-state index in [0.717, 1.165) is 34.1 Å². The van der Waals surface area contributed by atoms with Gasteiger partial charge in [0.05, 0.1) is 10.8 Å². The van der Waals surface area contributed by atoms with E-state index in [1.807, 2.05) is 0 Å². The van der Waals surface area contributed by atoms with Crippen LogP contribution in [-0.2, 0) is 32.5 Å². The van der Waals surface area contributed by atoms with Gasteiger partial charge in [-0.1, -0.05) is 239 Å². The Labute approximate surface area is 536 Å². The van der Waals surface area contributed by atoms with Crippen molar-refractivity contribution in [1.29, 1.82) is 0 Å². The molecule has 0 saturated carbocycles. The van der Waals surface area contributed by atoms with Crippen LogP contribution in [0.4, 0.5) is 34.1 Å². The average molecular weight is 1170 g/mol. The topological polar surface area (TPSA) is 6.48 Å². The Bertz CT molecular complexity index is 4230. The van der Waals surface area contributed by atoms with E-state index in [2.05, 4.69) is 339 Å². The van der Waals surface area contributed by atoms with Crippen LogP contribution in [0.5, 0.6) is 0 Å². The summed E-state index contributed by atoms with van der Waals surface area (Å²) in [6.45, 7) is 37.2. The minimum Gasteiger partial charge on any atom is -0.310 e. The molecule has 446 valence electrons. The fourth-order valence-corrected chi connectivity index (χ4v) is 15.7. The molecule has 4 aliphatic rings. The first-order valence-corrected chi connectivity index (χ1v) is 32.7. The molecular weight excluding hydrogens is 1080 g/mol. The van der Waals surface area contributed by atoms with Crippen molar-refractivity contribution in [2.45, 2.75) is 143 Å². The molecule has 2 spiro atoms. The van der Waals surface area contributed by atoms with Crippen LogP contribution in [0, 0.1) is 27.7 Å². The molecule has 90 heavy (non-hydrogen) atoms. The van der Waals surface area contributed by atoms with Gasteiger partial charge in [0.15, 0.2) is 0 Å². The molecule has 11 aromatic rings. The van der Waals surface area contributed by atoms with Crippen LogP contribution in [0.25, 0.3) is 44.5 Å². The highest BCUT2D eigenvalue weighted by molar-refractivity contribution is 6.03. The van der Waals surface area contributed by atoms with Crippen LogP contribution in [0.15, 0.2) is 218 Å². The number of benzene rings is 11. The van der Waals surface area contributed by atoms with Crippen LogP contribution >= 0.6 is 0 Å². The second kappa shape index (κ2) is 19.8. The molecule has 2 nitrogen and oxygen atoms in total. The standard InChI is InChI=1S/C88H84N2/c1-53-17-29-61(30-18-53)89(62-31-19-54(2)20-32-62)65-37-43-71-73-51-82-74(52-81(73)87(79(71)49-65)75-45-57(83(5,6)7)25-39-67(75)68-40-26-58(46-76(68)87)84(8,9)10)72-44-38-66(90(63-33-21-55(3)22-34-63)64-35-23-56(4)24-36-64)50-80(72)88(82)77-47-59(85(11,12)13)27-41-69(77)70-42-28-60(48-78(70)88)86(14,15)16/h17-52H,1-16H3. The average Bonchev–Trinajstić information content (AvgIpc) is 1.49. The quantitative estimate of drug-likeness (QED) is 0.164. The molecule has 0 bridgehead atoms. The smallest absolute Gasteiger partial charge is 0.0726 e. The first kappa shape index (κ1) is 57.5. The zero-order chi connectivity index (χ0) is 62.9. The van der Waals surface area contributed by atoms with Crippen LogP contribution in [-0.4, -0.2) is 0 Å². The van der Waals surface area contributed by atoms with E-state index in [1.54, 1.807) is 0 Å². The van der Waals surface area contributed by atoms with Crippen LogP contribution < -0.4 is 9.80 Å². The van der Waals surface area contributed by atoms with Crippen molar-refractivity contribution in [3.8, 4) is 44.5 Å². The Morgan fingerprint density at radius 2 is 0.389 bits per heavy atom. The van der Waals surface area contributed by atoms with Crippen molar-refractivity contribution in [3.05, 3.63) is 307 Å². The number of rotatable bonds is 6. The summed E-state index contributed by atoms with van der Waals surface area (Å²) in [5.74, 6) is 0. The Kier molecular flexibility index (Phi) is 12.6. The number of hydrogen-bond acceptors (Lipinski definition) is 2. The molecule has 0 unspecified atom stereocenters. The van der Waals surface area contributed by atoms with Gasteiger partial charge in [0.25, 0.3) is 0 Å². The van der Waals surface area contributed by atoms with E-state index in [-0.39, 0.29) is 21.7 Å². The van der Waals surface area contributed by atoms with Gasteiger partial charge >= 0.3 is 0 Å². The molecule has 0 amide bonds. The predicted molar refractivity (Wildman–Crippen MR) is 382 cm³/mol. The Morgan fingerprint density at radius 1 is 0.200 bits per heavy atom. The first-order valence-electron chi connectivity index (χ1n) is 32.7. The molecule has 0 radical (unpaired) electrons. The monoisotopic (exact) mass is 1170 g/mol. The van der Waals surface area contributed by atoms with Gasteiger partial charge in [-0.2, -0.15) is 0 Å². The highest BCUT2D eigenvalue weighted by atomic mass is 15.1. The van der Waals surface area contributed by atoms with Gasteiger partial charge in [0.2, 0.25) is 0 Å². The fraction of sp³-hybridized carbons (Fsp3) is 0.250. The van der Waals surface area contributed by atoms with Crippen LogP contribution in [0.3, 0.4) is 0 Å². The van der Waals surface area contributed by atoms with E-state index >= 15 is 0 Å². The summed E-state index contributed by atoms with van der Waals surface area (Å²) in [4.78, 5) is 4.96. The molecule has 0 fully saturated rings. The number of nitrogens with zero attached hydrogens (tertiary/aromatic N) is 2. The lowest BCUT2D eigenvalue weighted by molar-refractivity contribution is 0.586. The molecule has 0 aromatic heterocycles. The maximum Gasteiger partial charge on any atom is 0.0726 e. The molecule has 2 heteroatoms. The van der Waals surface area contributed by atoms with Crippen molar-refractivity contribution < 1.29 is 0 Å². The number of anilines is 6. The SMILES string of the molecule is Cc1ccc(N(c2ccc(C)cc2)c2ccc3c(c2)C2(c4cc(C(C)(C)C)ccc4-c4ccc(C(C)(C)C)cc42)c2cc4c(cc2-3)C2(c3cc(N(c5ccc(C)cc5)c5ccc(C)cc5)ccc3-4)c3cc(C(C)(C)C)ccc3-c3ccc(C(C)(C)C)cc32)cc1. The van der Waals surface area contributed by atoms with Crippen molar-refractivity contribution in [2.75, 3.05) is 9.80 Å². The molecule has 15 rings (SSSR count). The third-order valence-corrected chi connectivity index (χ3v) is 20.8. The van der Waals surface area contributed by atoms with Gasteiger partial charge < -0.3 is 9.80 Å². The molecule has 11 aromatic carbocycles. The summed E-state index contributed by atoms with van der Waals surface area (Å²) in [6.07, 6.45) is 0. The normalized spacial score (nSPS) is 14.4. The van der Waals surface area contributed by atoms with Gasteiger partial charge in [-0.3, -0.25) is 0 Å². The largest absolute Gasteiger partial charge is 0.310 e. The van der Waals surface area contributed by atoms with E-state index < -0.39 is 10.8 Å². The van der Waals surface area contributed by atoms with Gasteiger partial charge in [-0.25, -0.2) is 0 Å². The summed E-state index contributed by atoms with van der Waals surface area (Å²) < 4.78 is 0. The second-order valence-electron chi connectivity index (χ2n) is 31.0. The number of hydrogen-bond donors (Lipinski definition) is 0. The lowest BCUT2D eigenvalue weighted by Gasteiger charge is -2.35. The third kappa shape index (κ3) is 8.56.